The van der Waals surface area contributed by atoms with Gasteiger partial charge < -0.3 is 24.4 Å². The third-order valence-corrected chi connectivity index (χ3v) is 5.02. The van der Waals surface area contributed by atoms with Crippen molar-refractivity contribution in [2.45, 2.75) is 27.2 Å². The zero-order valence-corrected chi connectivity index (χ0v) is 18.1. The second kappa shape index (κ2) is 8.65. The number of hydrogen-bond acceptors (Lipinski definition) is 5. The summed E-state index contributed by atoms with van der Waals surface area (Å²) < 4.78 is 16.4. The molecule has 0 aliphatic carbocycles. The zero-order chi connectivity index (χ0) is 21.9. The maximum Gasteiger partial charge on any atom is 0.259 e. The predicted molar refractivity (Wildman–Crippen MR) is 116 cm³/mol. The van der Waals surface area contributed by atoms with Gasteiger partial charge in [0, 0.05) is 18.3 Å². The summed E-state index contributed by atoms with van der Waals surface area (Å²) >= 11 is 0. The third-order valence-electron chi connectivity index (χ3n) is 5.02. The molecule has 3 rings (SSSR count). The van der Waals surface area contributed by atoms with E-state index in [1.54, 1.807) is 48.4 Å². The van der Waals surface area contributed by atoms with E-state index in [0.29, 0.717) is 47.3 Å². The molecule has 2 amide bonds. The number of fused-ring (bicyclic) bond motifs is 1. The van der Waals surface area contributed by atoms with Crippen LogP contribution in [-0.4, -0.2) is 39.2 Å². The Morgan fingerprint density at radius 3 is 2.60 bits per heavy atom. The number of methoxy groups -OCH3 is 2. The molecule has 0 spiro atoms. The summed E-state index contributed by atoms with van der Waals surface area (Å²) in [6.07, 6.45) is 0.806. The fourth-order valence-electron chi connectivity index (χ4n) is 3.35. The molecule has 1 N–H and O–H groups in total. The van der Waals surface area contributed by atoms with Crippen LogP contribution in [0.25, 0.3) is 0 Å². The SMILES string of the molecule is CCCN1C(=O)C(C)(C)COc2ccc(NC(=O)c3ccc(OC)cc3OC)cc21. The summed E-state index contributed by atoms with van der Waals surface area (Å²) in [6.45, 7) is 6.65. The van der Waals surface area contributed by atoms with E-state index in [1.807, 2.05) is 20.8 Å². The number of nitrogens with zero attached hydrogens (tertiary/aromatic N) is 1. The van der Waals surface area contributed by atoms with E-state index in [2.05, 4.69) is 5.32 Å². The van der Waals surface area contributed by atoms with Crippen molar-refractivity contribution >= 4 is 23.2 Å². The van der Waals surface area contributed by atoms with Gasteiger partial charge in [0.1, 0.15) is 23.9 Å². The third kappa shape index (κ3) is 4.20. The van der Waals surface area contributed by atoms with E-state index >= 15 is 0 Å². The number of carbonyl (C=O) groups excluding carboxylic acids is 2. The van der Waals surface area contributed by atoms with Crippen molar-refractivity contribution in [3.05, 3.63) is 42.0 Å². The van der Waals surface area contributed by atoms with E-state index in [1.165, 1.54) is 7.11 Å². The van der Waals surface area contributed by atoms with E-state index in [0.717, 1.165) is 6.42 Å². The van der Waals surface area contributed by atoms with Crippen LogP contribution in [-0.2, 0) is 4.79 Å². The van der Waals surface area contributed by atoms with Crippen molar-refractivity contribution in [3.63, 3.8) is 0 Å². The minimum atomic E-state index is -0.631. The molecule has 1 heterocycles. The van der Waals surface area contributed by atoms with Crippen molar-refractivity contribution in [3.8, 4) is 17.2 Å². The van der Waals surface area contributed by atoms with Crippen LogP contribution in [0.4, 0.5) is 11.4 Å². The summed E-state index contributed by atoms with van der Waals surface area (Å²) in [6, 6.07) is 10.3. The summed E-state index contributed by atoms with van der Waals surface area (Å²) in [5, 5.41) is 2.89. The van der Waals surface area contributed by atoms with Gasteiger partial charge in [0.15, 0.2) is 0 Å². The molecule has 7 heteroatoms. The molecule has 1 aliphatic heterocycles. The van der Waals surface area contributed by atoms with Gasteiger partial charge in [-0.1, -0.05) is 6.92 Å². The first kappa shape index (κ1) is 21.5. The van der Waals surface area contributed by atoms with Crippen LogP contribution in [0.2, 0.25) is 0 Å². The summed E-state index contributed by atoms with van der Waals surface area (Å²) in [7, 11) is 3.05. The van der Waals surface area contributed by atoms with Crippen molar-refractivity contribution in [1.82, 2.24) is 0 Å². The standard InChI is InChI=1S/C23H28N2O5/c1-6-11-25-18-12-15(7-10-19(18)30-14-23(2,3)22(25)27)24-21(26)17-9-8-16(28-4)13-20(17)29-5/h7-10,12-13H,6,11,14H2,1-5H3,(H,24,26). The van der Waals surface area contributed by atoms with E-state index in [4.69, 9.17) is 14.2 Å². The lowest BCUT2D eigenvalue weighted by atomic mass is 9.93. The van der Waals surface area contributed by atoms with Gasteiger partial charge in [-0.05, 0) is 50.6 Å². The molecule has 0 atom stereocenters. The fourth-order valence-corrected chi connectivity index (χ4v) is 3.35. The number of anilines is 2. The molecular weight excluding hydrogens is 384 g/mol. The lowest BCUT2D eigenvalue weighted by Gasteiger charge is -2.27. The van der Waals surface area contributed by atoms with Gasteiger partial charge in [0.05, 0.1) is 30.9 Å². The Bertz CT molecular complexity index is 955. The highest BCUT2D eigenvalue weighted by molar-refractivity contribution is 6.07. The summed E-state index contributed by atoms with van der Waals surface area (Å²) in [4.78, 5) is 27.7. The zero-order valence-electron chi connectivity index (χ0n) is 18.1. The quantitative estimate of drug-likeness (QED) is 0.772. The predicted octanol–water partition coefficient (Wildman–Crippen LogP) is 4.12. The monoisotopic (exact) mass is 412 g/mol. The molecule has 0 unspecified atom stereocenters. The molecule has 2 aromatic carbocycles. The van der Waals surface area contributed by atoms with Crippen molar-refractivity contribution in [2.75, 3.05) is 37.6 Å². The maximum absolute atomic E-state index is 13.0. The van der Waals surface area contributed by atoms with Crippen LogP contribution in [0.15, 0.2) is 36.4 Å². The molecule has 1 aliphatic rings. The average molecular weight is 412 g/mol. The molecule has 2 aromatic rings. The van der Waals surface area contributed by atoms with Crippen LogP contribution in [0.5, 0.6) is 17.2 Å². The molecular formula is C23H28N2O5. The van der Waals surface area contributed by atoms with Gasteiger partial charge in [0.2, 0.25) is 5.91 Å². The van der Waals surface area contributed by atoms with Crippen molar-refractivity contribution in [1.29, 1.82) is 0 Å². The van der Waals surface area contributed by atoms with Crippen LogP contribution in [0, 0.1) is 5.41 Å². The first-order valence-corrected chi connectivity index (χ1v) is 9.93. The van der Waals surface area contributed by atoms with Gasteiger partial charge >= 0.3 is 0 Å². The molecule has 160 valence electrons. The van der Waals surface area contributed by atoms with E-state index in [9.17, 15) is 9.59 Å². The van der Waals surface area contributed by atoms with Gasteiger partial charge in [-0.15, -0.1) is 0 Å². The molecule has 0 saturated heterocycles. The number of nitrogens with one attached hydrogen (secondary N) is 1. The normalized spacial score (nSPS) is 15.0. The molecule has 0 aromatic heterocycles. The van der Waals surface area contributed by atoms with Gasteiger partial charge in [-0.2, -0.15) is 0 Å². The highest BCUT2D eigenvalue weighted by Crippen LogP contribution is 2.38. The summed E-state index contributed by atoms with van der Waals surface area (Å²) in [5.41, 5.74) is 0.974. The minimum Gasteiger partial charge on any atom is -0.497 e. The molecule has 0 saturated carbocycles. The largest absolute Gasteiger partial charge is 0.497 e. The molecule has 0 radical (unpaired) electrons. The van der Waals surface area contributed by atoms with E-state index < -0.39 is 5.41 Å². The Kier molecular flexibility index (Phi) is 6.20. The average Bonchev–Trinajstić information content (AvgIpc) is 2.83. The lowest BCUT2D eigenvalue weighted by molar-refractivity contribution is -0.127. The fraction of sp³-hybridized carbons (Fsp3) is 0.391. The van der Waals surface area contributed by atoms with Gasteiger partial charge in [-0.25, -0.2) is 0 Å². The molecule has 30 heavy (non-hydrogen) atoms. The highest BCUT2D eigenvalue weighted by atomic mass is 16.5. The Balaban J connectivity index is 1.92. The Hall–Kier alpha value is -3.22. The number of ether oxygens (including phenoxy) is 3. The summed E-state index contributed by atoms with van der Waals surface area (Å²) in [5.74, 6) is 1.32. The number of benzene rings is 2. The molecule has 7 nitrogen and oxygen atoms in total. The van der Waals surface area contributed by atoms with Crippen molar-refractivity contribution in [2.24, 2.45) is 5.41 Å². The highest BCUT2D eigenvalue weighted by Gasteiger charge is 2.37. The van der Waals surface area contributed by atoms with Crippen LogP contribution >= 0.6 is 0 Å². The minimum absolute atomic E-state index is 0.00315. The Morgan fingerprint density at radius 1 is 1.17 bits per heavy atom. The molecule has 0 bridgehead atoms. The van der Waals surface area contributed by atoms with Crippen LogP contribution in [0.1, 0.15) is 37.6 Å². The number of rotatable bonds is 6. The van der Waals surface area contributed by atoms with Gasteiger partial charge in [0.25, 0.3) is 5.91 Å². The van der Waals surface area contributed by atoms with Crippen molar-refractivity contribution < 1.29 is 23.8 Å². The molecule has 0 fully saturated rings. The van der Waals surface area contributed by atoms with Crippen LogP contribution < -0.4 is 24.4 Å². The smallest absolute Gasteiger partial charge is 0.259 e. The van der Waals surface area contributed by atoms with E-state index in [-0.39, 0.29) is 11.8 Å². The van der Waals surface area contributed by atoms with Crippen LogP contribution in [0.3, 0.4) is 0 Å². The number of amides is 2. The first-order valence-electron chi connectivity index (χ1n) is 9.93. The Morgan fingerprint density at radius 2 is 1.93 bits per heavy atom. The lowest BCUT2D eigenvalue weighted by Crippen LogP contribution is -2.42. The Labute approximate surface area is 176 Å². The second-order valence-electron chi connectivity index (χ2n) is 7.83. The maximum atomic E-state index is 13.0. The number of hydrogen-bond donors (Lipinski definition) is 1. The topological polar surface area (TPSA) is 77.1 Å². The first-order chi connectivity index (χ1) is 14.3. The second-order valence-corrected chi connectivity index (χ2v) is 7.83. The van der Waals surface area contributed by atoms with Gasteiger partial charge in [-0.3, -0.25) is 9.59 Å². The number of carbonyl (C=O) groups is 2.